The molecular formula is C19H19BrN4O4. The lowest BCUT2D eigenvalue weighted by Gasteiger charge is -2.20. The van der Waals surface area contributed by atoms with Crippen molar-refractivity contribution in [3.8, 4) is 0 Å². The second-order valence-corrected chi connectivity index (χ2v) is 7.12. The first-order chi connectivity index (χ1) is 13.3. The van der Waals surface area contributed by atoms with E-state index >= 15 is 0 Å². The molecule has 0 aliphatic rings. The minimum atomic E-state index is -0.788. The predicted molar refractivity (Wildman–Crippen MR) is 109 cm³/mol. The van der Waals surface area contributed by atoms with Gasteiger partial charge in [-0.25, -0.2) is 5.43 Å². The molecule has 0 bridgehead atoms. The molecule has 0 fully saturated rings. The first-order valence-electron chi connectivity index (χ1n) is 8.42. The molecule has 2 rings (SSSR count). The Bertz CT molecular complexity index is 900. The van der Waals surface area contributed by atoms with Gasteiger partial charge in [0.25, 0.3) is 17.5 Å². The number of carbonyl (C=O) groups excluding carboxylic acids is 2. The van der Waals surface area contributed by atoms with Gasteiger partial charge in [0.2, 0.25) is 0 Å². The third kappa shape index (κ3) is 5.71. The molecule has 1 unspecified atom stereocenters. The smallest absolute Gasteiger partial charge is 0.284 e. The number of carbonyl (C=O) groups is 2. The summed E-state index contributed by atoms with van der Waals surface area (Å²) in [6.07, 6.45) is 1.30. The average molecular weight is 447 g/mol. The van der Waals surface area contributed by atoms with Crippen LogP contribution < -0.4 is 10.7 Å². The molecule has 9 heteroatoms. The van der Waals surface area contributed by atoms with E-state index in [1.165, 1.54) is 18.3 Å². The van der Waals surface area contributed by atoms with Crippen molar-refractivity contribution in [1.82, 2.24) is 10.7 Å². The number of benzene rings is 2. The van der Waals surface area contributed by atoms with E-state index in [9.17, 15) is 19.7 Å². The summed E-state index contributed by atoms with van der Waals surface area (Å²) in [5.74, 6) is -1.01. The maximum atomic E-state index is 12.4. The van der Waals surface area contributed by atoms with Crippen LogP contribution in [-0.2, 0) is 4.79 Å². The lowest BCUT2D eigenvalue weighted by atomic mass is 10.0. The first kappa shape index (κ1) is 21.2. The summed E-state index contributed by atoms with van der Waals surface area (Å²) in [5.41, 5.74) is 3.16. The molecule has 0 saturated carbocycles. The van der Waals surface area contributed by atoms with Crippen molar-refractivity contribution >= 4 is 39.6 Å². The average Bonchev–Trinajstić information content (AvgIpc) is 2.67. The number of hydrazone groups is 1. The van der Waals surface area contributed by atoms with Crippen LogP contribution in [-0.4, -0.2) is 29.0 Å². The number of nitro benzene ring substituents is 1. The van der Waals surface area contributed by atoms with Gasteiger partial charge in [0.1, 0.15) is 6.04 Å². The fraction of sp³-hybridized carbons (Fsp3) is 0.211. The fourth-order valence-electron chi connectivity index (χ4n) is 2.34. The van der Waals surface area contributed by atoms with Crippen LogP contribution in [0.25, 0.3) is 0 Å². The molecule has 0 spiro atoms. The molecule has 0 aliphatic carbocycles. The Labute approximate surface area is 170 Å². The Morgan fingerprint density at radius 3 is 2.46 bits per heavy atom. The van der Waals surface area contributed by atoms with Crippen LogP contribution in [0.15, 0.2) is 58.1 Å². The summed E-state index contributed by atoms with van der Waals surface area (Å²) in [7, 11) is 0. The molecule has 146 valence electrons. The molecule has 2 aromatic carbocycles. The third-order valence-corrected chi connectivity index (χ3v) is 4.50. The first-order valence-corrected chi connectivity index (χ1v) is 9.21. The normalized spacial score (nSPS) is 12.0. The zero-order valence-corrected chi connectivity index (χ0v) is 16.8. The summed E-state index contributed by atoms with van der Waals surface area (Å²) in [5, 5.41) is 17.5. The molecule has 0 heterocycles. The highest BCUT2D eigenvalue weighted by Gasteiger charge is 2.24. The number of halogens is 1. The highest BCUT2D eigenvalue weighted by molar-refractivity contribution is 9.10. The SMILES string of the molecule is CC(C)C(NC(=O)c1ccccc1)C(=O)NN=Cc1ccc(Br)c([N+](=O)[O-])c1. The molecule has 2 aromatic rings. The minimum absolute atomic E-state index is 0.106. The van der Waals surface area contributed by atoms with Gasteiger partial charge in [-0.1, -0.05) is 38.1 Å². The van der Waals surface area contributed by atoms with Gasteiger partial charge >= 0.3 is 0 Å². The van der Waals surface area contributed by atoms with Gasteiger partial charge in [-0.15, -0.1) is 0 Å². The van der Waals surface area contributed by atoms with Gasteiger partial charge in [-0.05, 0) is 40.0 Å². The highest BCUT2D eigenvalue weighted by Crippen LogP contribution is 2.24. The molecule has 0 radical (unpaired) electrons. The number of hydrogen-bond donors (Lipinski definition) is 2. The van der Waals surface area contributed by atoms with Gasteiger partial charge in [0.15, 0.2) is 0 Å². The van der Waals surface area contributed by atoms with Crippen LogP contribution in [0, 0.1) is 16.0 Å². The zero-order valence-electron chi connectivity index (χ0n) is 15.3. The molecule has 1 atom stereocenters. The molecule has 0 aliphatic heterocycles. The zero-order chi connectivity index (χ0) is 20.7. The monoisotopic (exact) mass is 446 g/mol. The summed E-state index contributed by atoms with van der Waals surface area (Å²) in [6.45, 7) is 3.61. The van der Waals surface area contributed by atoms with Crippen molar-refractivity contribution in [3.05, 3.63) is 74.2 Å². The van der Waals surface area contributed by atoms with Crippen molar-refractivity contribution in [2.45, 2.75) is 19.9 Å². The van der Waals surface area contributed by atoms with Crippen LogP contribution in [0.3, 0.4) is 0 Å². The number of nitro groups is 1. The van der Waals surface area contributed by atoms with E-state index in [0.29, 0.717) is 15.6 Å². The Morgan fingerprint density at radius 2 is 1.86 bits per heavy atom. The van der Waals surface area contributed by atoms with E-state index in [1.54, 1.807) is 50.2 Å². The lowest BCUT2D eigenvalue weighted by Crippen LogP contribution is -2.48. The lowest BCUT2D eigenvalue weighted by molar-refractivity contribution is -0.385. The van der Waals surface area contributed by atoms with E-state index in [1.807, 2.05) is 0 Å². The topological polar surface area (TPSA) is 114 Å². The number of nitrogens with one attached hydrogen (secondary N) is 2. The van der Waals surface area contributed by atoms with Gasteiger partial charge in [-0.2, -0.15) is 5.10 Å². The quantitative estimate of drug-likeness (QED) is 0.385. The molecule has 0 saturated heterocycles. The summed E-state index contributed by atoms with van der Waals surface area (Å²) in [4.78, 5) is 35.2. The maximum absolute atomic E-state index is 12.4. The molecule has 2 N–H and O–H groups in total. The molecule has 8 nitrogen and oxygen atoms in total. The van der Waals surface area contributed by atoms with Crippen molar-refractivity contribution in [3.63, 3.8) is 0 Å². The van der Waals surface area contributed by atoms with E-state index in [-0.39, 0.29) is 17.5 Å². The minimum Gasteiger partial charge on any atom is -0.340 e. The number of amides is 2. The van der Waals surface area contributed by atoms with Crippen molar-refractivity contribution in [2.24, 2.45) is 11.0 Å². The highest BCUT2D eigenvalue weighted by atomic mass is 79.9. The van der Waals surface area contributed by atoms with Crippen molar-refractivity contribution in [1.29, 1.82) is 0 Å². The maximum Gasteiger partial charge on any atom is 0.284 e. The Kier molecular flexibility index (Phi) is 7.39. The van der Waals surface area contributed by atoms with Gasteiger partial charge in [0.05, 0.1) is 15.6 Å². The molecule has 28 heavy (non-hydrogen) atoms. The van der Waals surface area contributed by atoms with E-state index in [4.69, 9.17) is 0 Å². The molecule has 2 amide bonds. The number of rotatable bonds is 7. The van der Waals surface area contributed by atoms with Crippen LogP contribution in [0.4, 0.5) is 5.69 Å². The van der Waals surface area contributed by atoms with Gasteiger partial charge < -0.3 is 5.32 Å². The predicted octanol–water partition coefficient (Wildman–Crippen LogP) is 3.26. The van der Waals surface area contributed by atoms with E-state index in [0.717, 1.165) is 0 Å². The van der Waals surface area contributed by atoms with Crippen molar-refractivity contribution < 1.29 is 14.5 Å². The van der Waals surface area contributed by atoms with Gasteiger partial charge in [-0.3, -0.25) is 19.7 Å². The molecular weight excluding hydrogens is 428 g/mol. The van der Waals surface area contributed by atoms with Crippen molar-refractivity contribution in [2.75, 3.05) is 0 Å². The Balaban J connectivity index is 2.04. The number of hydrogen-bond acceptors (Lipinski definition) is 5. The summed E-state index contributed by atoms with van der Waals surface area (Å²) in [6, 6.07) is 12.3. The second-order valence-electron chi connectivity index (χ2n) is 6.26. The van der Waals surface area contributed by atoms with Crippen LogP contribution in [0.5, 0.6) is 0 Å². The van der Waals surface area contributed by atoms with Crippen LogP contribution in [0.1, 0.15) is 29.8 Å². The van der Waals surface area contributed by atoms with E-state index < -0.39 is 16.9 Å². The fourth-order valence-corrected chi connectivity index (χ4v) is 2.73. The summed E-state index contributed by atoms with van der Waals surface area (Å²) < 4.78 is 0.349. The van der Waals surface area contributed by atoms with Crippen LogP contribution in [0.2, 0.25) is 0 Å². The summed E-state index contributed by atoms with van der Waals surface area (Å²) >= 11 is 3.10. The van der Waals surface area contributed by atoms with Crippen LogP contribution >= 0.6 is 15.9 Å². The third-order valence-electron chi connectivity index (χ3n) is 3.83. The van der Waals surface area contributed by atoms with E-state index in [2.05, 4.69) is 31.8 Å². The Hall–Kier alpha value is -3.07. The second kappa shape index (κ2) is 9.75. The number of nitrogens with zero attached hydrogens (tertiary/aromatic N) is 2. The largest absolute Gasteiger partial charge is 0.340 e. The van der Waals surface area contributed by atoms with Gasteiger partial charge in [0, 0.05) is 17.2 Å². The standard InChI is InChI=1S/C19H19BrN4O4/c1-12(2)17(22-18(25)14-6-4-3-5-7-14)19(26)23-21-11-13-8-9-15(20)16(10-13)24(27)28/h3-12,17H,1-2H3,(H,22,25)(H,23,26). The Morgan fingerprint density at radius 1 is 1.18 bits per heavy atom. The molecule has 0 aromatic heterocycles.